The highest BCUT2D eigenvalue weighted by Gasteiger charge is 2.23. The lowest BCUT2D eigenvalue weighted by atomic mass is 10.1. The Bertz CT molecular complexity index is 1420. The van der Waals surface area contributed by atoms with E-state index in [0.29, 0.717) is 10.1 Å². The minimum absolute atomic E-state index is 0.0565. The average molecular weight is 477 g/mol. The summed E-state index contributed by atoms with van der Waals surface area (Å²) in [5.41, 5.74) is -0.0207. The molecule has 0 saturated heterocycles. The highest BCUT2D eigenvalue weighted by Crippen LogP contribution is 2.23. The highest BCUT2D eigenvalue weighted by atomic mass is 35.5. The van der Waals surface area contributed by atoms with E-state index in [0.717, 1.165) is 24.5 Å². The Morgan fingerprint density at radius 1 is 1.03 bits per heavy atom. The zero-order valence-electron chi connectivity index (χ0n) is 16.0. The maximum atomic E-state index is 14.1. The molecule has 4 aromatic rings. The van der Waals surface area contributed by atoms with Crippen LogP contribution in [0.25, 0.3) is 11.0 Å². The average Bonchev–Trinajstić information content (AvgIpc) is 3.11. The SMILES string of the molecule is O=C(N=c1c(Cl)cn(O)cc1Cl)C(=O)c1cn(Cc2c(F)cccc2F)c2ncccc12. The highest BCUT2D eigenvalue weighted by molar-refractivity contribution is 6.45. The molecule has 4 rings (SSSR count). The molecule has 0 aliphatic carbocycles. The maximum Gasteiger partial charge on any atom is 0.318 e. The third-order valence-corrected chi connectivity index (χ3v) is 5.17. The summed E-state index contributed by atoms with van der Waals surface area (Å²) in [6.45, 7) is -0.253. The van der Waals surface area contributed by atoms with E-state index < -0.39 is 23.3 Å². The van der Waals surface area contributed by atoms with Crippen LogP contribution in [-0.4, -0.2) is 31.2 Å². The molecule has 3 heterocycles. The molecule has 0 unspecified atom stereocenters. The fourth-order valence-corrected chi connectivity index (χ4v) is 3.69. The lowest BCUT2D eigenvalue weighted by Crippen LogP contribution is -2.18. The summed E-state index contributed by atoms with van der Waals surface area (Å²) in [4.78, 5) is 33.3. The van der Waals surface area contributed by atoms with Gasteiger partial charge in [-0.05, 0) is 24.3 Å². The van der Waals surface area contributed by atoms with E-state index in [9.17, 15) is 23.6 Å². The molecule has 0 aliphatic heterocycles. The van der Waals surface area contributed by atoms with Crippen molar-refractivity contribution >= 4 is 45.9 Å². The van der Waals surface area contributed by atoms with Gasteiger partial charge in [0.05, 0.1) is 34.5 Å². The number of benzene rings is 1. The maximum absolute atomic E-state index is 14.1. The largest absolute Gasteiger partial charge is 0.429 e. The van der Waals surface area contributed by atoms with Gasteiger partial charge in [-0.2, -0.15) is 4.73 Å². The summed E-state index contributed by atoms with van der Waals surface area (Å²) < 4.78 is 30.2. The number of carbonyl (C=O) groups is 2. The molecule has 0 spiro atoms. The molecule has 7 nitrogen and oxygen atoms in total. The molecule has 0 aliphatic rings. The van der Waals surface area contributed by atoms with Gasteiger partial charge in [-0.1, -0.05) is 29.3 Å². The molecule has 0 atom stereocenters. The monoisotopic (exact) mass is 476 g/mol. The van der Waals surface area contributed by atoms with Crippen LogP contribution in [0.4, 0.5) is 8.78 Å². The predicted molar refractivity (Wildman–Crippen MR) is 112 cm³/mol. The molecular weight excluding hydrogens is 465 g/mol. The zero-order valence-corrected chi connectivity index (χ0v) is 17.5. The summed E-state index contributed by atoms with van der Waals surface area (Å²) in [5.74, 6) is -3.68. The van der Waals surface area contributed by atoms with Crippen molar-refractivity contribution in [3.8, 4) is 0 Å². The van der Waals surface area contributed by atoms with Crippen LogP contribution in [0, 0.1) is 11.6 Å². The molecule has 1 N–H and O–H groups in total. The number of ketones is 1. The second-order valence-corrected chi connectivity index (χ2v) is 7.49. The first-order chi connectivity index (χ1) is 15.3. The number of fused-ring (bicyclic) bond motifs is 1. The van der Waals surface area contributed by atoms with Crippen LogP contribution in [0.2, 0.25) is 10.0 Å². The summed E-state index contributed by atoms with van der Waals surface area (Å²) in [6.07, 6.45) is 4.82. The second-order valence-electron chi connectivity index (χ2n) is 6.67. The van der Waals surface area contributed by atoms with Gasteiger partial charge in [0, 0.05) is 23.3 Å². The van der Waals surface area contributed by atoms with Gasteiger partial charge in [-0.25, -0.2) is 18.8 Å². The van der Waals surface area contributed by atoms with E-state index in [2.05, 4.69) is 9.98 Å². The van der Waals surface area contributed by atoms with E-state index in [-0.39, 0.29) is 38.7 Å². The van der Waals surface area contributed by atoms with E-state index in [1.807, 2.05) is 0 Å². The number of amides is 1. The Morgan fingerprint density at radius 2 is 1.69 bits per heavy atom. The molecule has 11 heteroatoms. The molecule has 0 bridgehead atoms. The summed E-state index contributed by atoms with van der Waals surface area (Å²) in [7, 11) is 0. The van der Waals surface area contributed by atoms with Crippen molar-refractivity contribution < 1.29 is 23.6 Å². The number of rotatable bonds is 4. The Labute approximate surface area is 188 Å². The fraction of sp³-hybridized carbons (Fsp3) is 0.0476. The molecule has 0 fully saturated rings. The number of halogens is 4. The number of nitrogens with zero attached hydrogens (tertiary/aromatic N) is 4. The first-order valence-corrected chi connectivity index (χ1v) is 9.78. The van der Waals surface area contributed by atoms with Crippen LogP contribution in [-0.2, 0) is 11.3 Å². The predicted octanol–water partition coefficient (Wildman–Crippen LogP) is 4.02. The number of hydrogen-bond acceptors (Lipinski definition) is 4. The first kappa shape index (κ1) is 21.7. The topological polar surface area (TPSA) is 89.5 Å². The molecule has 1 aromatic carbocycles. The number of pyridine rings is 2. The first-order valence-electron chi connectivity index (χ1n) is 9.03. The molecule has 162 valence electrons. The number of carbonyl (C=O) groups excluding carboxylic acids is 2. The summed E-state index contributed by atoms with van der Waals surface area (Å²) >= 11 is 11.9. The van der Waals surface area contributed by atoms with Crippen LogP contribution < -0.4 is 5.36 Å². The molecule has 32 heavy (non-hydrogen) atoms. The molecule has 3 aromatic heterocycles. The van der Waals surface area contributed by atoms with Gasteiger partial charge < -0.3 is 9.77 Å². The molecular formula is C21H12Cl2F2N4O3. The minimum atomic E-state index is -1.18. The molecule has 0 radical (unpaired) electrons. The van der Waals surface area contributed by atoms with Gasteiger partial charge in [0.2, 0.25) is 0 Å². The van der Waals surface area contributed by atoms with Gasteiger partial charge in [0.1, 0.15) is 22.6 Å². The van der Waals surface area contributed by atoms with Gasteiger partial charge in [0.25, 0.3) is 5.78 Å². The van der Waals surface area contributed by atoms with Crippen LogP contribution in [0.5, 0.6) is 0 Å². The van der Waals surface area contributed by atoms with Crippen LogP contribution in [0.3, 0.4) is 0 Å². The van der Waals surface area contributed by atoms with Crippen LogP contribution in [0.15, 0.2) is 60.1 Å². The summed E-state index contributed by atoms with van der Waals surface area (Å²) in [6, 6.07) is 6.59. The number of aromatic nitrogens is 3. The Hall–Kier alpha value is -3.56. The second kappa shape index (κ2) is 8.52. The van der Waals surface area contributed by atoms with Gasteiger partial charge in [-0.15, -0.1) is 0 Å². The normalized spacial score (nSPS) is 11.0. The van der Waals surface area contributed by atoms with Crippen molar-refractivity contribution in [2.24, 2.45) is 4.99 Å². The van der Waals surface area contributed by atoms with Gasteiger partial charge in [0.15, 0.2) is 0 Å². The lowest BCUT2D eigenvalue weighted by Gasteiger charge is -2.07. The smallest absolute Gasteiger partial charge is 0.318 e. The zero-order chi connectivity index (χ0) is 23.0. The minimum Gasteiger partial charge on any atom is -0.429 e. The molecule has 1 amide bonds. The van der Waals surface area contributed by atoms with E-state index in [4.69, 9.17) is 23.2 Å². The Kier molecular flexibility index (Phi) is 5.77. The standard InChI is InChI=1S/C21H12Cl2F2N4O3/c22-14-9-29(32)10-15(23)18(14)27-21(31)19(30)12-7-28(20-11(12)3-2-6-26-20)8-13-16(24)4-1-5-17(13)25/h1-7,9-10,32H,8H2. The van der Waals surface area contributed by atoms with Crippen molar-refractivity contribution in [2.45, 2.75) is 6.54 Å². The quantitative estimate of drug-likeness (QED) is 0.273. The van der Waals surface area contributed by atoms with Crippen molar-refractivity contribution in [2.75, 3.05) is 0 Å². The van der Waals surface area contributed by atoms with Crippen LogP contribution in [0.1, 0.15) is 15.9 Å². The summed E-state index contributed by atoms with van der Waals surface area (Å²) in [5, 5.41) is 9.22. The Balaban J connectivity index is 1.78. The number of Topliss-reactive ketones (excluding diaryl/α,β-unsaturated/α-hetero) is 1. The van der Waals surface area contributed by atoms with Gasteiger partial charge in [-0.3, -0.25) is 9.59 Å². The van der Waals surface area contributed by atoms with Crippen molar-refractivity contribution in [1.29, 1.82) is 0 Å². The lowest BCUT2D eigenvalue weighted by molar-refractivity contribution is -0.114. The fourth-order valence-electron chi connectivity index (χ4n) is 3.16. The Morgan fingerprint density at radius 3 is 2.34 bits per heavy atom. The van der Waals surface area contributed by atoms with Crippen molar-refractivity contribution in [3.63, 3.8) is 0 Å². The van der Waals surface area contributed by atoms with Crippen LogP contribution >= 0.6 is 23.2 Å². The van der Waals surface area contributed by atoms with E-state index in [1.165, 1.54) is 23.0 Å². The molecule has 0 saturated carbocycles. The van der Waals surface area contributed by atoms with Gasteiger partial charge >= 0.3 is 5.91 Å². The number of hydrogen-bond donors (Lipinski definition) is 1. The van der Waals surface area contributed by atoms with Crippen molar-refractivity contribution in [3.05, 3.63) is 93.3 Å². The third kappa shape index (κ3) is 4.00. The third-order valence-electron chi connectivity index (χ3n) is 4.62. The van der Waals surface area contributed by atoms with E-state index >= 15 is 0 Å². The van der Waals surface area contributed by atoms with Crippen molar-refractivity contribution in [1.82, 2.24) is 14.3 Å². The van der Waals surface area contributed by atoms with E-state index in [1.54, 1.807) is 12.1 Å².